The van der Waals surface area contributed by atoms with Crippen LogP contribution in [0.5, 0.6) is 5.75 Å². The first-order chi connectivity index (χ1) is 12.3. The molecular formula is C16H16F3N3O3S. The highest BCUT2D eigenvalue weighted by atomic mass is 32.1. The van der Waals surface area contributed by atoms with E-state index in [2.05, 4.69) is 9.72 Å². The number of anilines is 1. The number of nitrogens with zero attached hydrogens (tertiary/aromatic N) is 2. The number of ether oxygens (including phenoxy) is 2. The summed E-state index contributed by atoms with van der Waals surface area (Å²) in [5.41, 5.74) is 0.100. The van der Waals surface area contributed by atoms with Crippen molar-refractivity contribution in [1.82, 2.24) is 9.55 Å². The molecule has 0 radical (unpaired) electrons. The number of alkyl halides is 3. The van der Waals surface area contributed by atoms with E-state index in [1.54, 1.807) is 0 Å². The summed E-state index contributed by atoms with van der Waals surface area (Å²) < 4.78 is 48.0. The molecule has 26 heavy (non-hydrogen) atoms. The highest BCUT2D eigenvalue weighted by Crippen LogP contribution is 2.20. The SMILES string of the molecule is O=c1cc(N2CCOCC2)[nH]c(=S)n1-c1ccc(OCC(F)(F)F)cc1. The number of hydrogen-bond acceptors (Lipinski definition) is 5. The molecule has 0 saturated carbocycles. The van der Waals surface area contributed by atoms with Gasteiger partial charge in [0.25, 0.3) is 5.56 Å². The number of aromatic nitrogens is 2. The number of rotatable bonds is 4. The van der Waals surface area contributed by atoms with Gasteiger partial charge in [0.2, 0.25) is 0 Å². The van der Waals surface area contributed by atoms with Crippen LogP contribution in [0.1, 0.15) is 0 Å². The quantitative estimate of drug-likeness (QED) is 0.818. The Kier molecular flexibility index (Phi) is 5.33. The van der Waals surface area contributed by atoms with Gasteiger partial charge in [-0.15, -0.1) is 0 Å². The normalized spacial score (nSPS) is 15.1. The Bertz CT molecular complexity index is 840. The number of benzene rings is 1. The summed E-state index contributed by atoms with van der Waals surface area (Å²) in [6.07, 6.45) is -4.41. The summed E-state index contributed by atoms with van der Waals surface area (Å²) in [4.78, 5) is 17.5. The average molecular weight is 387 g/mol. The minimum Gasteiger partial charge on any atom is -0.484 e. The summed E-state index contributed by atoms with van der Waals surface area (Å²) in [5, 5.41) is 0. The molecule has 1 fully saturated rings. The second-order valence-corrected chi connectivity index (χ2v) is 6.02. The van der Waals surface area contributed by atoms with Crippen LogP contribution in [0.15, 0.2) is 35.1 Å². The summed E-state index contributed by atoms with van der Waals surface area (Å²) in [6, 6.07) is 7.11. The second-order valence-electron chi connectivity index (χ2n) is 5.63. The van der Waals surface area contributed by atoms with Crippen molar-refractivity contribution in [3.63, 3.8) is 0 Å². The molecular weight excluding hydrogens is 371 g/mol. The summed E-state index contributed by atoms with van der Waals surface area (Å²) in [6.45, 7) is 1.08. The maximum absolute atomic E-state index is 12.5. The Morgan fingerprint density at radius 2 is 1.85 bits per heavy atom. The van der Waals surface area contributed by atoms with Crippen LogP contribution >= 0.6 is 12.2 Å². The van der Waals surface area contributed by atoms with Crippen LogP contribution in [0, 0.1) is 4.77 Å². The molecule has 1 aromatic carbocycles. The Morgan fingerprint density at radius 1 is 1.19 bits per heavy atom. The molecule has 1 saturated heterocycles. The van der Waals surface area contributed by atoms with Crippen LogP contribution in [-0.2, 0) is 4.74 Å². The number of nitrogens with one attached hydrogen (secondary N) is 1. The Hall–Kier alpha value is -2.33. The molecule has 0 aliphatic carbocycles. The van der Waals surface area contributed by atoms with Gasteiger partial charge >= 0.3 is 6.18 Å². The molecule has 140 valence electrons. The van der Waals surface area contributed by atoms with Crippen molar-refractivity contribution in [2.75, 3.05) is 37.8 Å². The van der Waals surface area contributed by atoms with Crippen LogP contribution in [-0.4, -0.2) is 48.6 Å². The van der Waals surface area contributed by atoms with Crippen LogP contribution in [0.2, 0.25) is 0 Å². The fraction of sp³-hybridized carbons (Fsp3) is 0.375. The molecule has 6 nitrogen and oxygen atoms in total. The largest absolute Gasteiger partial charge is 0.484 e. The maximum atomic E-state index is 12.5. The molecule has 0 atom stereocenters. The van der Waals surface area contributed by atoms with Crippen LogP contribution in [0.3, 0.4) is 0 Å². The van der Waals surface area contributed by atoms with Gasteiger partial charge in [-0.25, -0.2) is 0 Å². The lowest BCUT2D eigenvalue weighted by atomic mass is 10.3. The molecule has 0 bridgehead atoms. The Morgan fingerprint density at radius 3 is 2.42 bits per heavy atom. The first-order valence-corrected chi connectivity index (χ1v) is 8.23. The van der Waals surface area contributed by atoms with E-state index in [4.69, 9.17) is 17.0 Å². The number of hydrogen-bond donors (Lipinski definition) is 1. The Balaban J connectivity index is 1.83. The monoisotopic (exact) mass is 387 g/mol. The molecule has 0 spiro atoms. The lowest BCUT2D eigenvalue weighted by Crippen LogP contribution is -2.38. The average Bonchev–Trinajstić information content (AvgIpc) is 2.60. The lowest BCUT2D eigenvalue weighted by molar-refractivity contribution is -0.153. The second kappa shape index (κ2) is 7.50. The predicted molar refractivity (Wildman–Crippen MR) is 91.8 cm³/mol. The van der Waals surface area contributed by atoms with Gasteiger partial charge in [0.05, 0.1) is 18.9 Å². The molecule has 10 heteroatoms. The first-order valence-electron chi connectivity index (χ1n) is 7.82. The van der Waals surface area contributed by atoms with Crippen molar-refractivity contribution in [3.8, 4) is 11.4 Å². The fourth-order valence-electron chi connectivity index (χ4n) is 2.56. The highest BCUT2D eigenvalue weighted by Gasteiger charge is 2.28. The van der Waals surface area contributed by atoms with Gasteiger partial charge in [-0.1, -0.05) is 0 Å². The van der Waals surface area contributed by atoms with Crippen molar-refractivity contribution in [1.29, 1.82) is 0 Å². The number of H-pyrrole nitrogens is 1. The molecule has 0 amide bonds. The Labute approximate surface area is 151 Å². The third-order valence-corrected chi connectivity index (χ3v) is 4.05. The predicted octanol–water partition coefficient (Wildman–Crippen LogP) is 2.67. The molecule has 1 N–H and O–H groups in total. The van der Waals surface area contributed by atoms with Crippen molar-refractivity contribution < 1.29 is 22.6 Å². The molecule has 1 aromatic heterocycles. The van der Waals surface area contributed by atoms with Crippen molar-refractivity contribution in [2.24, 2.45) is 0 Å². The smallest absolute Gasteiger partial charge is 0.422 e. The zero-order chi connectivity index (χ0) is 18.7. The molecule has 2 aromatic rings. The number of aromatic amines is 1. The zero-order valence-electron chi connectivity index (χ0n) is 13.6. The van der Waals surface area contributed by atoms with E-state index in [0.29, 0.717) is 37.8 Å². The van der Waals surface area contributed by atoms with Crippen LogP contribution < -0.4 is 15.2 Å². The topological polar surface area (TPSA) is 59.5 Å². The van der Waals surface area contributed by atoms with Crippen molar-refractivity contribution in [3.05, 3.63) is 45.5 Å². The third-order valence-electron chi connectivity index (χ3n) is 3.77. The number of halogens is 3. The molecule has 1 aliphatic rings. The zero-order valence-corrected chi connectivity index (χ0v) is 14.4. The summed E-state index contributed by atoms with van der Waals surface area (Å²) in [7, 11) is 0. The van der Waals surface area contributed by atoms with Gasteiger partial charge in [0.15, 0.2) is 11.4 Å². The minimum absolute atomic E-state index is 0.0546. The van der Waals surface area contributed by atoms with Gasteiger partial charge in [-0.05, 0) is 36.5 Å². The minimum atomic E-state index is -4.41. The van der Waals surface area contributed by atoms with E-state index < -0.39 is 12.8 Å². The first kappa shape index (κ1) is 18.5. The number of morpholine rings is 1. The van der Waals surface area contributed by atoms with E-state index in [-0.39, 0.29) is 16.1 Å². The molecule has 2 heterocycles. The van der Waals surface area contributed by atoms with E-state index >= 15 is 0 Å². The van der Waals surface area contributed by atoms with Gasteiger partial charge in [-0.3, -0.25) is 9.36 Å². The van der Waals surface area contributed by atoms with E-state index in [1.807, 2.05) is 4.90 Å². The van der Waals surface area contributed by atoms with E-state index in [0.717, 1.165) is 0 Å². The molecule has 3 rings (SSSR count). The summed E-state index contributed by atoms with van der Waals surface area (Å²) >= 11 is 5.28. The van der Waals surface area contributed by atoms with Crippen LogP contribution in [0.25, 0.3) is 5.69 Å². The van der Waals surface area contributed by atoms with Crippen molar-refractivity contribution >= 4 is 18.0 Å². The standard InChI is InChI=1S/C16H16F3N3O3S/c17-16(18,19)10-25-12-3-1-11(2-4-12)22-14(23)9-13(20-15(22)26)21-5-7-24-8-6-21/h1-4,9H,5-8,10H2,(H,20,26). The molecule has 0 unspecified atom stereocenters. The lowest BCUT2D eigenvalue weighted by Gasteiger charge is -2.28. The van der Waals surface area contributed by atoms with Crippen molar-refractivity contribution in [2.45, 2.75) is 6.18 Å². The van der Waals surface area contributed by atoms with Gasteiger partial charge in [-0.2, -0.15) is 13.2 Å². The molecule has 1 aliphatic heterocycles. The van der Waals surface area contributed by atoms with E-state index in [9.17, 15) is 18.0 Å². The highest BCUT2D eigenvalue weighted by molar-refractivity contribution is 7.71. The van der Waals surface area contributed by atoms with E-state index in [1.165, 1.54) is 34.9 Å². The van der Waals surface area contributed by atoms with Crippen LogP contribution in [0.4, 0.5) is 19.0 Å². The van der Waals surface area contributed by atoms with Gasteiger partial charge < -0.3 is 19.4 Å². The van der Waals surface area contributed by atoms with Gasteiger partial charge in [0, 0.05) is 19.2 Å². The fourth-order valence-corrected chi connectivity index (χ4v) is 2.86. The maximum Gasteiger partial charge on any atom is 0.422 e. The third kappa shape index (κ3) is 4.44. The summed E-state index contributed by atoms with van der Waals surface area (Å²) in [5.74, 6) is 0.670. The van der Waals surface area contributed by atoms with Gasteiger partial charge in [0.1, 0.15) is 11.6 Å².